The summed E-state index contributed by atoms with van der Waals surface area (Å²) in [5, 5.41) is 26.6. The Morgan fingerprint density at radius 1 is 0.889 bits per heavy atom. The van der Waals surface area contributed by atoms with Crippen LogP contribution < -0.4 is 9.47 Å². The van der Waals surface area contributed by atoms with Crippen molar-refractivity contribution in [3.8, 4) is 17.2 Å². The molecule has 8 heteroatoms. The molecule has 2 aliphatic carbocycles. The maximum Gasteiger partial charge on any atom is 0.231 e. The van der Waals surface area contributed by atoms with Crippen LogP contribution in [0.4, 0.5) is 0 Å². The maximum atomic E-state index is 9.90. The summed E-state index contributed by atoms with van der Waals surface area (Å²) in [6.07, 6.45) is 9.97. The van der Waals surface area contributed by atoms with Crippen molar-refractivity contribution in [2.24, 2.45) is 22.9 Å². The molecule has 0 saturated heterocycles. The lowest BCUT2D eigenvalue weighted by molar-refractivity contribution is -0.223. The van der Waals surface area contributed by atoms with Gasteiger partial charge in [-0.05, 0) is 121 Å². The number of ether oxygens (including phenoxy) is 3. The van der Waals surface area contributed by atoms with Crippen molar-refractivity contribution >= 4 is 28.2 Å². The van der Waals surface area contributed by atoms with E-state index in [1.54, 1.807) is 18.9 Å². The van der Waals surface area contributed by atoms with Gasteiger partial charge in [-0.3, -0.25) is 0 Å². The predicted octanol–water partition coefficient (Wildman–Crippen LogP) is 10.3. The summed E-state index contributed by atoms with van der Waals surface area (Å²) in [5.74, 6) is 1.49. The van der Waals surface area contributed by atoms with E-state index in [2.05, 4.69) is 93.2 Å². The van der Waals surface area contributed by atoms with Gasteiger partial charge in [0.25, 0.3) is 0 Å². The minimum atomic E-state index is -1.05. The summed E-state index contributed by atoms with van der Waals surface area (Å²) in [4.78, 5) is 6.72. The van der Waals surface area contributed by atoms with Crippen LogP contribution in [0, 0.1) is 31.6 Å². The summed E-state index contributed by atoms with van der Waals surface area (Å²) in [6.45, 7) is 8.91. The molecule has 54 heavy (non-hydrogen) atoms. The average Bonchev–Trinajstić information content (AvgIpc) is 3.18. The Morgan fingerprint density at radius 2 is 1.65 bits per heavy atom. The molecule has 1 saturated carbocycles. The van der Waals surface area contributed by atoms with E-state index in [-0.39, 0.29) is 42.1 Å². The molecule has 6 atom stereocenters. The second-order valence-corrected chi connectivity index (χ2v) is 16.2. The fourth-order valence-electron chi connectivity index (χ4n) is 8.92. The molecule has 4 aromatic carbocycles. The highest BCUT2D eigenvalue weighted by atomic mass is 32.2. The van der Waals surface area contributed by atoms with Gasteiger partial charge in [0.2, 0.25) is 5.79 Å². The Bertz CT molecular complexity index is 2010. The molecule has 0 spiro atoms. The number of aryl methyl sites for hydroxylation is 2. The molecule has 3 aliphatic rings. The monoisotopic (exact) mass is 747 g/mol. The van der Waals surface area contributed by atoms with Gasteiger partial charge in [0.1, 0.15) is 24.4 Å². The van der Waals surface area contributed by atoms with E-state index >= 15 is 0 Å². The number of hydrogen-bond acceptors (Lipinski definition) is 8. The van der Waals surface area contributed by atoms with E-state index in [0.29, 0.717) is 13.0 Å². The first-order valence-corrected chi connectivity index (χ1v) is 20.3. The molecule has 1 aliphatic heterocycles. The van der Waals surface area contributed by atoms with Gasteiger partial charge in [0.15, 0.2) is 0 Å². The number of oxime groups is 1. The Morgan fingerprint density at radius 3 is 2.41 bits per heavy atom. The smallest absolute Gasteiger partial charge is 0.231 e. The summed E-state index contributed by atoms with van der Waals surface area (Å²) >= 11 is 1.77. The van der Waals surface area contributed by atoms with E-state index in [4.69, 9.17) is 24.2 Å². The number of benzene rings is 4. The molecule has 0 aromatic heterocycles. The zero-order valence-electron chi connectivity index (χ0n) is 31.7. The molecule has 1 heterocycles. The van der Waals surface area contributed by atoms with Crippen LogP contribution in [0.15, 0.2) is 113 Å². The van der Waals surface area contributed by atoms with Crippen LogP contribution in [0.3, 0.4) is 0 Å². The lowest BCUT2D eigenvalue weighted by Gasteiger charge is -2.58. The molecule has 7 rings (SSSR count). The highest BCUT2D eigenvalue weighted by Gasteiger charge is 2.64. The SMILES string of the molecule is C=CCO[C@@]12Oc3ccc(Oc4ccc(C)c(C)c4)cc3[C@H]3[C@H](CCCCO)[C@@H](CCCCO)C=C(C(=NOC)C[C@@H]1Sc1ccc4ccccc4c1)[C@H]32. The zero-order valence-corrected chi connectivity index (χ0v) is 32.5. The molecule has 1 fully saturated rings. The quantitative estimate of drug-likeness (QED) is 0.0670. The fourth-order valence-corrected chi connectivity index (χ4v) is 10.3. The number of unbranched alkanes of at least 4 members (excludes halogenated alkanes) is 2. The number of fused-ring (bicyclic) bond motifs is 3. The average molecular weight is 748 g/mol. The molecule has 2 N–H and O–H groups in total. The Hall–Kier alpha value is -4.08. The number of nitrogens with zero attached hydrogens (tertiary/aromatic N) is 1. The highest BCUT2D eigenvalue weighted by Crippen LogP contribution is 2.63. The Balaban J connectivity index is 1.40. The third-order valence-corrected chi connectivity index (χ3v) is 12.8. The molecular weight excluding hydrogens is 695 g/mol. The number of rotatable bonds is 16. The van der Waals surface area contributed by atoms with Gasteiger partial charge < -0.3 is 29.3 Å². The van der Waals surface area contributed by atoms with Crippen LogP contribution in [-0.2, 0) is 9.57 Å². The molecule has 4 aromatic rings. The van der Waals surface area contributed by atoms with Crippen LogP contribution in [0.5, 0.6) is 17.2 Å². The lowest BCUT2D eigenvalue weighted by Crippen LogP contribution is -2.64. The van der Waals surface area contributed by atoms with Gasteiger partial charge in [-0.15, -0.1) is 18.3 Å². The Kier molecular flexibility index (Phi) is 12.1. The van der Waals surface area contributed by atoms with E-state index in [1.807, 2.05) is 18.2 Å². The largest absolute Gasteiger partial charge is 0.460 e. The first-order valence-electron chi connectivity index (χ1n) is 19.4. The summed E-state index contributed by atoms with van der Waals surface area (Å²) in [5.41, 5.74) is 5.52. The lowest BCUT2D eigenvalue weighted by atomic mass is 9.56. The van der Waals surface area contributed by atoms with Gasteiger partial charge in [-0.2, -0.15) is 0 Å². The number of thioether (sulfide) groups is 1. The minimum absolute atomic E-state index is 0.0123. The normalized spacial score (nSPS) is 25.0. The van der Waals surface area contributed by atoms with Crippen LogP contribution in [0.1, 0.15) is 67.6 Å². The second-order valence-electron chi connectivity index (χ2n) is 14.9. The minimum Gasteiger partial charge on any atom is -0.460 e. The zero-order chi connectivity index (χ0) is 37.7. The predicted molar refractivity (Wildman–Crippen MR) is 218 cm³/mol. The van der Waals surface area contributed by atoms with E-state index in [0.717, 1.165) is 77.5 Å². The van der Waals surface area contributed by atoms with Gasteiger partial charge in [0.05, 0.1) is 23.5 Å². The third-order valence-electron chi connectivity index (χ3n) is 11.5. The van der Waals surface area contributed by atoms with Gasteiger partial charge >= 0.3 is 0 Å². The first kappa shape index (κ1) is 38.2. The molecule has 7 nitrogen and oxygen atoms in total. The first-order chi connectivity index (χ1) is 26.4. The van der Waals surface area contributed by atoms with Crippen molar-refractivity contribution in [2.75, 3.05) is 26.9 Å². The van der Waals surface area contributed by atoms with Gasteiger partial charge in [0, 0.05) is 36.0 Å². The molecule has 0 radical (unpaired) electrons. The molecule has 0 unspecified atom stereocenters. The molecule has 284 valence electrons. The van der Waals surface area contributed by atoms with Crippen molar-refractivity contribution in [1.82, 2.24) is 0 Å². The standard InChI is InChI=1S/C46H53NO6S/c1-5-24-51-46-43(54-37-20-17-32-12-6-7-13-33(32)26-37)29-41(47-50-4)39-27-34(14-8-10-22-48)38(15-9-11-23-49)44(45(39)46)40-28-36(19-21-42(40)53-46)52-35-18-16-30(2)31(3)25-35/h5-7,12-13,16-21,25-28,34,38,43-45,48-49H,1,8-11,14-15,22-24,29H2,2-4H3/t34-,38+,43-,44+,45+,46+/m0/s1. The van der Waals surface area contributed by atoms with Crippen molar-refractivity contribution < 1.29 is 29.3 Å². The fraction of sp³-hybridized carbons (Fsp3) is 0.413. The van der Waals surface area contributed by atoms with Crippen molar-refractivity contribution in [1.29, 1.82) is 0 Å². The topological polar surface area (TPSA) is 89.7 Å². The molecule has 0 amide bonds. The van der Waals surface area contributed by atoms with Crippen LogP contribution >= 0.6 is 11.8 Å². The van der Waals surface area contributed by atoms with Crippen molar-refractivity contribution in [3.63, 3.8) is 0 Å². The number of hydrogen-bond donors (Lipinski definition) is 2. The van der Waals surface area contributed by atoms with Crippen LogP contribution in [-0.4, -0.2) is 53.9 Å². The summed E-state index contributed by atoms with van der Waals surface area (Å²) in [7, 11) is 1.62. The van der Waals surface area contributed by atoms with Crippen LogP contribution in [0.2, 0.25) is 0 Å². The Labute approximate surface area is 324 Å². The summed E-state index contributed by atoms with van der Waals surface area (Å²) in [6, 6.07) is 27.5. The third kappa shape index (κ3) is 7.72. The maximum absolute atomic E-state index is 9.90. The van der Waals surface area contributed by atoms with E-state index < -0.39 is 5.79 Å². The summed E-state index contributed by atoms with van der Waals surface area (Å²) < 4.78 is 21.0. The van der Waals surface area contributed by atoms with Gasteiger partial charge in [-0.25, -0.2) is 0 Å². The van der Waals surface area contributed by atoms with Crippen molar-refractivity contribution in [2.45, 2.75) is 80.6 Å². The number of aliphatic hydroxyl groups is 2. The van der Waals surface area contributed by atoms with Crippen molar-refractivity contribution in [3.05, 3.63) is 120 Å². The molecular formula is C46H53NO6S. The second kappa shape index (κ2) is 17.2. The van der Waals surface area contributed by atoms with Crippen LogP contribution in [0.25, 0.3) is 10.8 Å². The highest BCUT2D eigenvalue weighted by molar-refractivity contribution is 8.00. The molecule has 0 bridgehead atoms. The van der Waals surface area contributed by atoms with E-state index in [1.165, 1.54) is 21.9 Å². The number of allylic oxidation sites excluding steroid dienone is 1. The van der Waals surface area contributed by atoms with E-state index in [9.17, 15) is 10.2 Å². The number of aliphatic hydroxyl groups excluding tert-OH is 2. The van der Waals surface area contributed by atoms with Gasteiger partial charge in [-0.1, -0.05) is 66.5 Å².